The minimum atomic E-state index is -1.17. The van der Waals surface area contributed by atoms with Gasteiger partial charge in [-0.3, -0.25) is 0 Å². The highest BCUT2D eigenvalue weighted by molar-refractivity contribution is 9.10. The lowest BCUT2D eigenvalue weighted by molar-refractivity contribution is -0.138. The summed E-state index contributed by atoms with van der Waals surface area (Å²) < 4.78 is 19.3. The van der Waals surface area contributed by atoms with Crippen molar-refractivity contribution in [1.82, 2.24) is 5.32 Å². The van der Waals surface area contributed by atoms with Crippen molar-refractivity contribution in [1.29, 1.82) is 0 Å². The summed E-state index contributed by atoms with van der Waals surface area (Å²) in [6.45, 7) is 5.06. The smallest absolute Gasteiger partial charge is 0.408 e. The number of aliphatic carboxylic acids is 1. The van der Waals surface area contributed by atoms with Crippen molar-refractivity contribution in [3.63, 3.8) is 0 Å². The van der Waals surface area contributed by atoms with Crippen molar-refractivity contribution < 1.29 is 23.8 Å². The Balaban J connectivity index is 2.53. The molecule has 0 unspecified atom stereocenters. The summed E-state index contributed by atoms with van der Waals surface area (Å²) in [5.41, 5.74) is -0.236. The van der Waals surface area contributed by atoms with Crippen LogP contribution >= 0.6 is 27.7 Å². The van der Waals surface area contributed by atoms with Crippen LogP contribution in [0.5, 0.6) is 0 Å². The molecule has 0 saturated carbocycles. The van der Waals surface area contributed by atoms with Gasteiger partial charge >= 0.3 is 12.1 Å². The standard InChI is InChI=1S/C15H19BrFNO4S/c1-15(2,3)22-14(21)18-12(13(19)20)8-23-7-9-4-5-10(16)6-11(9)17/h4-6,12H,7-8H2,1-3H3,(H,18,21)(H,19,20)/t12-/m0/s1. The Hall–Kier alpha value is -1.28. The van der Waals surface area contributed by atoms with Gasteiger partial charge in [0.05, 0.1) is 0 Å². The minimum Gasteiger partial charge on any atom is -0.480 e. The summed E-state index contributed by atoms with van der Waals surface area (Å²) in [6.07, 6.45) is -0.791. The van der Waals surface area contributed by atoms with Crippen LogP contribution in [0.1, 0.15) is 26.3 Å². The van der Waals surface area contributed by atoms with Crippen LogP contribution in [0, 0.1) is 5.82 Å². The number of carboxylic acids is 1. The third-order valence-electron chi connectivity index (χ3n) is 2.55. The molecule has 0 aromatic heterocycles. The van der Waals surface area contributed by atoms with Gasteiger partial charge in [0.25, 0.3) is 0 Å². The Bertz CT molecular complexity index is 577. The molecule has 5 nitrogen and oxygen atoms in total. The number of hydrogen-bond donors (Lipinski definition) is 2. The van der Waals surface area contributed by atoms with Crippen molar-refractivity contribution in [2.24, 2.45) is 0 Å². The lowest BCUT2D eigenvalue weighted by Crippen LogP contribution is -2.44. The molecule has 0 fully saturated rings. The second-order valence-electron chi connectivity index (χ2n) is 5.79. The average Bonchev–Trinajstić information content (AvgIpc) is 2.37. The van der Waals surface area contributed by atoms with E-state index in [9.17, 15) is 14.0 Å². The van der Waals surface area contributed by atoms with Crippen molar-refractivity contribution in [2.75, 3.05) is 5.75 Å². The Morgan fingerprint density at radius 2 is 2.09 bits per heavy atom. The zero-order valence-electron chi connectivity index (χ0n) is 13.1. The molecule has 8 heteroatoms. The summed E-state index contributed by atoms with van der Waals surface area (Å²) in [5, 5.41) is 11.4. The summed E-state index contributed by atoms with van der Waals surface area (Å²) in [6, 6.07) is 3.59. The first-order valence-electron chi connectivity index (χ1n) is 6.82. The zero-order valence-corrected chi connectivity index (χ0v) is 15.5. The van der Waals surface area contributed by atoms with Crippen molar-refractivity contribution in [2.45, 2.75) is 38.2 Å². The van der Waals surface area contributed by atoms with Crippen molar-refractivity contribution in [3.05, 3.63) is 34.1 Å². The largest absolute Gasteiger partial charge is 0.480 e. The quantitative estimate of drug-likeness (QED) is 0.749. The highest BCUT2D eigenvalue weighted by atomic mass is 79.9. The molecule has 0 heterocycles. The molecular formula is C15H19BrFNO4S. The Kier molecular flexibility index (Phi) is 7.34. The molecule has 1 aromatic carbocycles. The highest BCUT2D eigenvalue weighted by Crippen LogP contribution is 2.20. The normalized spacial score (nSPS) is 12.6. The maximum absolute atomic E-state index is 13.7. The number of rotatable bonds is 6. The maximum atomic E-state index is 13.7. The highest BCUT2D eigenvalue weighted by Gasteiger charge is 2.24. The van der Waals surface area contributed by atoms with Gasteiger partial charge in [-0.2, -0.15) is 11.8 Å². The first-order chi connectivity index (χ1) is 10.6. The van der Waals surface area contributed by atoms with E-state index in [1.807, 2.05) is 0 Å². The van der Waals surface area contributed by atoms with E-state index < -0.39 is 23.7 Å². The molecule has 2 N–H and O–H groups in total. The number of carbonyl (C=O) groups is 2. The second kappa shape index (κ2) is 8.54. The topological polar surface area (TPSA) is 75.6 Å². The van der Waals surface area contributed by atoms with Gasteiger partial charge in [-0.15, -0.1) is 0 Å². The zero-order chi connectivity index (χ0) is 17.6. The van der Waals surface area contributed by atoms with Crippen LogP contribution in [0.15, 0.2) is 22.7 Å². The molecule has 0 aliphatic heterocycles. The van der Waals surface area contributed by atoms with Gasteiger partial charge < -0.3 is 15.2 Å². The Morgan fingerprint density at radius 1 is 1.43 bits per heavy atom. The first-order valence-corrected chi connectivity index (χ1v) is 8.77. The molecule has 0 bridgehead atoms. The maximum Gasteiger partial charge on any atom is 0.408 e. The molecule has 0 aliphatic rings. The van der Waals surface area contributed by atoms with Gasteiger partial charge in [-0.25, -0.2) is 14.0 Å². The summed E-state index contributed by atoms with van der Waals surface area (Å²) in [4.78, 5) is 22.8. The number of benzene rings is 1. The number of alkyl carbamates (subject to hydrolysis) is 1. The molecule has 0 saturated heterocycles. The van der Waals surface area contributed by atoms with E-state index in [4.69, 9.17) is 9.84 Å². The van der Waals surface area contributed by atoms with Crippen LogP contribution in [0.25, 0.3) is 0 Å². The fraction of sp³-hybridized carbons (Fsp3) is 0.467. The molecule has 23 heavy (non-hydrogen) atoms. The van der Waals surface area contributed by atoms with Gasteiger partial charge in [0.2, 0.25) is 0 Å². The van der Waals surface area contributed by atoms with Crippen molar-refractivity contribution in [3.8, 4) is 0 Å². The number of ether oxygens (including phenoxy) is 1. The monoisotopic (exact) mass is 407 g/mol. The molecule has 0 radical (unpaired) electrons. The molecule has 1 atom stereocenters. The summed E-state index contributed by atoms with van der Waals surface area (Å²) in [7, 11) is 0. The number of halogens is 2. The van der Waals surface area contributed by atoms with Crippen LogP contribution < -0.4 is 5.32 Å². The molecule has 128 valence electrons. The number of amides is 1. The number of carboxylic acid groups (broad SMARTS) is 1. The fourth-order valence-electron chi connectivity index (χ4n) is 1.55. The third kappa shape index (κ3) is 7.69. The van der Waals surface area contributed by atoms with Crippen molar-refractivity contribution >= 4 is 39.8 Å². The first kappa shape index (κ1) is 19.8. The van der Waals surface area contributed by atoms with Crippen LogP contribution in [-0.2, 0) is 15.3 Å². The second-order valence-corrected chi connectivity index (χ2v) is 7.73. The van der Waals surface area contributed by atoms with Gasteiger partial charge in [-0.05, 0) is 38.5 Å². The third-order valence-corrected chi connectivity index (χ3v) is 4.12. The SMILES string of the molecule is CC(C)(C)OC(=O)N[C@@H](CSCc1ccc(Br)cc1F)C(=O)O. The van der Waals surface area contributed by atoms with Gasteiger partial charge in [-0.1, -0.05) is 22.0 Å². The van der Waals surface area contributed by atoms with Crippen LogP contribution in [0.3, 0.4) is 0 Å². The Labute approximate surface area is 147 Å². The Morgan fingerprint density at radius 3 is 2.61 bits per heavy atom. The van der Waals surface area contributed by atoms with Gasteiger partial charge in [0.1, 0.15) is 17.5 Å². The predicted molar refractivity (Wildman–Crippen MR) is 91.1 cm³/mol. The fourth-order valence-corrected chi connectivity index (χ4v) is 2.92. The molecular weight excluding hydrogens is 389 g/mol. The van der Waals surface area contributed by atoms with E-state index >= 15 is 0 Å². The summed E-state index contributed by atoms with van der Waals surface area (Å²) >= 11 is 4.39. The van der Waals surface area contributed by atoms with E-state index in [0.29, 0.717) is 15.8 Å². The molecule has 1 amide bonds. The van der Waals surface area contributed by atoms with E-state index in [-0.39, 0.29) is 11.6 Å². The average molecular weight is 408 g/mol. The number of carbonyl (C=O) groups excluding carboxylic acids is 1. The number of nitrogens with one attached hydrogen (secondary N) is 1. The molecule has 1 rings (SSSR count). The number of hydrogen-bond acceptors (Lipinski definition) is 4. The molecule has 0 aliphatic carbocycles. The predicted octanol–water partition coefficient (Wildman–Crippen LogP) is 3.80. The van der Waals surface area contributed by atoms with Crippen LogP contribution in [0.4, 0.5) is 9.18 Å². The van der Waals surface area contributed by atoms with E-state index in [1.54, 1.807) is 32.9 Å². The van der Waals surface area contributed by atoms with E-state index in [1.165, 1.54) is 17.8 Å². The minimum absolute atomic E-state index is 0.101. The number of thioether (sulfide) groups is 1. The van der Waals surface area contributed by atoms with Crippen LogP contribution in [0.2, 0.25) is 0 Å². The molecule has 1 aromatic rings. The molecule has 0 spiro atoms. The van der Waals surface area contributed by atoms with E-state index in [0.717, 1.165) is 0 Å². The lowest BCUT2D eigenvalue weighted by Gasteiger charge is -2.21. The van der Waals surface area contributed by atoms with Gasteiger partial charge in [0, 0.05) is 16.0 Å². The van der Waals surface area contributed by atoms with Gasteiger partial charge in [0.15, 0.2) is 0 Å². The van der Waals surface area contributed by atoms with Crippen LogP contribution in [-0.4, -0.2) is 34.6 Å². The summed E-state index contributed by atoms with van der Waals surface area (Å²) in [5.74, 6) is -1.12. The van der Waals surface area contributed by atoms with E-state index in [2.05, 4.69) is 21.2 Å². The lowest BCUT2D eigenvalue weighted by atomic mass is 10.2.